The zero-order valence-corrected chi connectivity index (χ0v) is 17.5. The number of aryl methyl sites for hydroxylation is 1. The van der Waals surface area contributed by atoms with E-state index in [1.165, 1.54) is 0 Å². The molecule has 0 aromatic heterocycles. The Morgan fingerprint density at radius 3 is 2.29 bits per heavy atom. The van der Waals surface area contributed by atoms with Crippen LogP contribution < -0.4 is 15.5 Å². The Kier molecular flexibility index (Phi) is 7.76. The number of hydrogen-bond donors (Lipinski definition) is 3. The van der Waals surface area contributed by atoms with Gasteiger partial charge in [0.15, 0.2) is 12.6 Å². The predicted octanol–water partition coefficient (Wildman–Crippen LogP) is 2.99. The Hall–Kier alpha value is -2.66. The smallest absolute Gasteiger partial charge is 0.282 e. The van der Waals surface area contributed by atoms with Gasteiger partial charge in [0.1, 0.15) is 0 Å². The zero-order chi connectivity index (χ0) is 20.7. The molecule has 1 unspecified atom stereocenters. The molecule has 2 rings (SSSR count). The van der Waals surface area contributed by atoms with Gasteiger partial charge in [-0.3, -0.25) is 9.59 Å². The van der Waals surface area contributed by atoms with Crippen LogP contribution in [0.2, 0.25) is 0 Å². The Morgan fingerprint density at radius 1 is 1.00 bits per heavy atom. The molecule has 0 saturated heterocycles. The number of benzene rings is 2. The Balaban J connectivity index is 1.95. The van der Waals surface area contributed by atoms with Crippen molar-refractivity contribution in [1.29, 1.82) is 0 Å². The van der Waals surface area contributed by atoms with Gasteiger partial charge in [-0.2, -0.15) is 0 Å². The lowest BCUT2D eigenvalue weighted by atomic mass is 9.97. The van der Waals surface area contributed by atoms with E-state index in [9.17, 15) is 9.59 Å². The summed E-state index contributed by atoms with van der Waals surface area (Å²) in [6.45, 7) is 8.35. The average molecular weight is 383 g/mol. The quantitative estimate of drug-likeness (QED) is 0.657. The van der Waals surface area contributed by atoms with Crippen LogP contribution in [0, 0.1) is 6.92 Å². The SMILES string of the molecule is CC[C@@H](C)c1ccccc1NC(=O)[C@@H](C)[NH+](C)CC(=O)Nc1ccc(C)cc1. The fourth-order valence-corrected chi connectivity index (χ4v) is 2.97. The molecule has 0 saturated carbocycles. The second kappa shape index (κ2) is 10.0. The summed E-state index contributed by atoms with van der Waals surface area (Å²) in [5, 5.41) is 5.93. The molecule has 0 aliphatic rings. The second-order valence-electron chi connectivity index (χ2n) is 7.54. The topological polar surface area (TPSA) is 62.6 Å². The third-order valence-corrected chi connectivity index (χ3v) is 5.27. The van der Waals surface area contributed by atoms with Crippen molar-refractivity contribution in [1.82, 2.24) is 0 Å². The van der Waals surface area contributed by atoms with E-state index >= 15 is 0 Å². The Morgan fingerprint density at radius 2 is 1.64 bits per heavy atom. The average Bonchev–Trinajstić information content (AvgIpc) is 2.68. The standard InChI is InChI=1S/C23H31N3O2/c1-6-17(3)20-9-7-8-10-21(20)25-23(28)18(4)26(5)15-22(27)24-19-13-11-16(2)12-14-19/h7-14,17-18H,6,15H2,1-5H3,(H,24,27)(H,25,28)/p+1/t17-,18-/m1/s1. The zero-order valence-electron chi connectivity index (χ0n) is 17.5. The molecule has 5 heteroatoms. The Labute approximate surface area is 168 Å². The van der Waals surface area contributed by atoms with Crippen LogP contribution in [0.25, 0.3) is 0 Å². The van der Waals surface area contributed by atoms with Crippen LogP contribution >= 0.6 is 0 Å². The van der Waals surface area contributed by atoms with Crippen molar-refractivity contribution in [2.45, 2.75) is 46.1 Å². The monoisotopic (exact) mass is 382 g/mol. The third kappa shape index (κ3) is 5.92. The number of hydrogen-bond acceptors (Lipinski definition) is 2. The summed E-state index contributed by atoms with van der Waals surface area (Å²) < 4.78 is 0. The van der Waals surface area contributed by atoms with Gasteiger partial charge in [-0.15, -0.1) is 0 Å². The molecule has 3 N–H and O–H groups in total. The van der Waals surface area contributed by atoms with E-state index < -0.39 is 0 Å². The molecule has 5 nitrogen and oxygen atoms in total. The number of nitrogens with one attached hydrogen (secondary N) is 3. The number of likely N-dealkylation sites (N-methyl/N-ethyl adjacent to an activating group) is 1. The van der Waals surface area contributed by atoms with Gasteiger partial charge >= 0.3 is 0 Å². The van der Waals surface area contributed by atoms with Gasteiger partial charge in [0, 0.05) is 11.4 Å². The summed E-state index contributed by atoms with van der Waals surface area (Å²) in [6, 6.07) is 15.2. The molecule has 0 aliphatic carbocycles. The fraction of sp³-hybridized carbons (Fsp3) is 0.391. The molecule has 0 fully saturated rings. The molecule has 0 heterocycles. The molecule has 3 atom stereocenters. The van der Waals surface area contributed by atoms with Crippen molar-refractivity contribution < 1.29 is 14.5 Å². The van der Waals surface area contributed by atoms with Gasteiger partial charge in [-0.25, -0.2) is 0 Å². The highest BCUT2D eigenvalue weighted by Crippen LogP contribution is 2.26. The highest BCUT2D eigenvalue weighted by Gasteiger charge is 2.25. The van der Waals surface area contributed by atoms with Gasteiger partial charge in [0.2, 0.25) is 0 Å². The van der Waals surface area contributed by atoms with Crippen LogP contribution in [0.3, 0.4) is 0 Å². The van der Waals surface area contributed by atoms with Crippen molar-refractivity contribution in [3.8, 4) is 0 Å². The first-order chi connectivity index (χ1) is 13.3. The van der Waals surface area contributed by atoms with Crippen molar-refractivity contribution in [2.75, 3.05) is 24.2 Å². The molecular weight excluding hydrogens is 350 g/mol. The molecule has 2 aromatic carbocycles. The first-order valence-electron chi connectivity index (χ1n) is 9.90. The molecule has 150 valence electrons. The van der Waals surface area contributed by atoms with E-state index in [4.69, 9.17) is 0 Å². The summed E-state index contributed by atoms with van der Waals surface area (Å²) in [5.41, 5.74) is 3.90. The highest BCUT2D eigenvalue weighted by atomic mass is 16.2. The lowest BCUT2D eigenvalue weighted by molar-refractivity contribution is -0.885. The maximum absolute atomic E-state index is 12.7. The molecule has 0 radical (unpaired) electrons. The van der Waals surface area contributed by atoms with E-state index in [2.05, 4.69) is 30.5 Å². The van der Waals surface area contributed by atoms with Crippen LogP contribution in [0.15, 0.2) is 48.5 Å². The number of quaternary nitrogens is 1. The summed E-state index contributed by atoms with van der Waals surface area (Å²) in [4.78, 5) is 25.9. The van der Waals surface area contributed by atoms with Crippen molar-refractivity contribution in [2.24, 2.45) is 0 Å². The third-order valence-electron chi connectivity index (χ3n) is 5.27. The second-order valence-corrected chi connectivity index (χ2v) is 7.54. The van der Waals surface area contributed by atoms with Crippen molar-refractivity contribution in [3.63, 3.8) is 0 Å². The lowest BCUT2D eigenvalue weighted by Crippen LogP contribution is -3.14. The molecule has 28 heavy (non-hydrogen) atoms. The minimum Gasteiger partial charge on any atom is -0.321 e. The van der Waals surface area contributed by atoms with E-state index in [-0.39, 0.29) is 24.4 Å². The van der Waals surface area contributed by atoms with Gasteiger partial charge in [-0.05, 0) is 49.9 Å². The van der Waals surface area contributed by atoms with Crippen molar-refractivity contribution in [3.05, 3.63) is 59.7 Å². The predicted molar refractivity (Wildman–Crippen MR) is 115 cm³/mol. The van der Waals surface area contributed by atoms with Gasteiger partial charge in [-0.1, -0.05) is 49.7 Å². The summed E-state index contributed by atoms with van der Waals surface area (Å²) in [6.07, 6.45) is 1.01. The molecule has 2 amide bonds. The molecule has 0 bridgehead atoms. The number of anilines is 2. The Bertz CT molecular complexity index is 802. The molecule has 0 spiro atoms. The maximum atomic E-state index is 12.7. The number of carbonyl (C=O) groups excluding carboxylic acids is 2. The number of amides is 2. The maximum Gasteiger partial charge on any atom is 0.282 e. The van der Waals surface area contributed by atoms with E-state index in [1.54, 1.807) is 0 Å². The van der Waals surface area contributed by atoms with E-state index in [1.807, 2.05) is 63.4 Å². The number of rotatable bonds is 8. The van der Waals surface area contributed by atoms with Crippen LogP contribution in [-0.4, -0.2) is 31.4 Å². The summed E-state index contributed by atoms with van der Waals surface area (Å²) in [7, 11) is 1.86. The summed E-state index contributed by atoms with van der Waals surface area (Å²) >= 11 is 0. The van der Waals surface area contributed by atoms with Crippen LogP contribution in [-0.2, 0) is 9.59 Å². The van der Waals surface area contributed by atoms with E-state index in [0.717, 1.165) is 33.8 Å². The van der Waals surface area contributed by atoms with E-state index in [0.29, 0.717) is 5.92 Å². The number of carbonyl (C=O) groups is 2. The minimum absolute atomic E-state index is 0.0867. The highest BCUT2D eigenvalue weighted by molar-refractivity contribution is 5.95. The van der Waals surface area contributed by atoms with Crippen LogP contribution in [0.5, 0.6) is 0 Å². The fourth-order valence-electron chi connectivity index (χ4n) is 2.97. The number of para-hydroxylation sites is 1. The lowest BCUT2D eigenvalue weighted by Gasteiger charge is -2.22. The molecule has 0 aliphatic heterocycles. The van der Waals surface area contributed by atoms with Gasteiger partial charge in [0.05, 0.1) is 7.05 Å². The van der Waals surface area contributed by atoms with Crippen molar-refractivity contribution >= 4 is 23.2 Å². The van der Waals surface area contributed by atoms with Crippen LogP contribution in [0.4, 0.5) is 11.4 Å². The summed E-state index contributed by atoms with van der Waals surface area (Å²) in [5.74, 6) is 0.176. The first kappa shape index (κ1) is 21.6. The normalized spacial score (nSPS) is 14.0. The van der Waals surface area contributed by atoms with Gasteiger partial charge < -0.3 is 15.5 Å². The largest absolute Gasteiger partial charge is 0.321 e. The minimum atomic E-state index is -0.353. The van der Waals surface area contributed by atoms with Gasteiger partial charge in [0.25, 0.3) is 11.8 Å². The van der Waals surface area contributed by atoms with Crippen LogP contribution in [0.1, 0.15) is 44.2 Å². The molecular formula is C23H32N3O2+. The first-order valence-corrected chi connectivity index (χ1v) is 9.90. The molecule has 2 aromatic rings.